The van der Waals surface area contributed by atoms with E-state index in [0.717, 1.165) is 18.5 Å². The quantitative estimate of drug-likeness (QED) is 0.768. The van der Waals surface area contributed by atoms with Crippen molar-refractivity contribution >= 4 is 11.6 Å². The van der Waals surface area contributed by atoms with Crippen molar-refractivity contribution in [3.8, 4) is 0 Å². The van der Waals surface area contributed by atoms with Crippen LogP contribution in [0.1, 0.15) is 44.3 Å². The average Bonchev–Trinajstić information content (AvgIpc) is 2.46. The van der Waals surface area contributed by atoms with Crippen LogP contribution in [0.2, 0.25) is 5.02 Å². The smallest absolute Gasteiger partial charge is 0.0833 e. The van der Waals surface area contributed by atoms with Crippen molar-refractivity contribution in [2.45, 2.75) is 38.6 Å². The van der Waals surface area contributed by atoms with E-state index in [4.69, 9.17) is 17.3 Å². The molecule has 0 radical (unpaired) electrons. The van der Waals surface area contributed by atoms with Crippen LogP contribution in [-0.2, 0) is 7.05 Å². The zero-order valence-electron chi connectivity index (χ0n) is 8.83. The number of nitrogens with two attached hydrogens (primary N) is 1. The first-order valence-corrected chi connectivity index (χ1v) is 5.47. The van der Waals surface area contributed by atoms with Crippen molar-refractivity contribution in [2.24, 2.45) is 12.8 Å². The van der Waals surface area contributed by atoms with Gasteiger partial charge in [-0.2, -0.15) is 5.10 Å². The van der Waals surface area contributed by atoms with Gasteiger partial charge in [0.05, 0.1) is 16.9 Å². The lowest BCUT2D eigenvalue weighted by Gasteiger charge is -2.12. The van der Waals surface area contributed by atoms with E-state index in [1.54, 1.807) is 10.9 Å². The molecule has 3 nitrogen and oxygen atoms in total. The first-order chi connectivity index (χ1) is 6.66. The van der Waals surface area contributed by atoms with Crippen LogP contribution in [0.3, 0.4) is 0 Å². The van der Waals surface area contributed by atoms with Gasteiger partial charge in [0.25, 0.3) is 0 Å². The first kappa shape index (κ1) is 11.5. The summed E-state index contributed by atoms with van der Waals surface area (Å²) in [5.41, 5.74) is 6.98. The van der Waals surface area contributed by atoms with E-state index in [1.807, 2.05) is 7.05 Å². The largest absolute Gasteiger partial charge is 0.323 e. The van der Waals surface area contributed by atoms with Crippen LogP contribution < -0.4 is 5.73 Å². The molecule has 0 aliphatic heterocycles. The first-order valence-electron chi connectivity index (χ1n) is 5.09. The summed E-state index contributed by atoms with van der Waals surface area (Å²) in [4.78, 5) is 0. The summed E-state index contributed by atoms with van der Waals surface area (Å²) < 4.78 is 1.76. The number of halogens is 1. The van der Waals surface area contributed by atoms with E-state index in [-0.39, 0.29) is 6.04 Å². The number of rotatable bonds is 5. The summed E-state index contributed by atoms with van der Waals surface area (Å²) >= 11 is 5.99. The zero-order chi connectivity index (χ0) is 10.6. The summed E-state index contributed by atoms with van der Waals surface area (Å²) in [6.45, 7) is 2.18. The van der Waals surface area contributed by atoms with Crippen LogP contribution in [0.5, 0.6) is 0 Å². The highest BCUT2D eigenvalue weighted by atomic mass is 35.5. The fraction of sp³-hybridized carbons (Fsp3) is 0.700. The number of unbranched alkanes of at least 4 members (excludes halogenated alkanes) is 2. The van der Waals surface area contributed by atoms with Crippen molar-refractivity contribution in [1.29, 1.82) is 0 Å². The second kappa shape index (κ2) is 5.37. The molecule has 14 heavy (non-hydrogen) atoms. The summed E-state index contributed by atoms with van der Waals surface area (Å²) in [5, 5.41) is 4.75. The van der Waals surface area contributed by atoms with Gasteiger partial charge in [0.2, 0.25) is 0 Å². The molecule has 0 bridgehead atoms. The maximum atomic E-state index is 6.04. The highest BCUT2D eigenvalue weighted by Crippen LogP contribution is 2.23. The van der Waals surface area contributed by atoms with Crippen LogP contribution in [0.25, 0.3) is 0 Å². The molecular formula is C10H18ClN3. The van der Waals surface area contributed by atoms with E-state index in [2.05, 4.69) is 12.0 Å². The van der Waals surface area contributed by atoms with Gasteiger partial charge >= 0.3 is 0 Å². The van der Waals surface area contributed by atoms with E-state index < -0.39 is 0 Å². The van der Waals surface area contributed by atoms with Crippen molar-refractivity contribution < 1.29 is 0 Å². The number of aromatic nitrogens is 2. The standard InChI is InChI=1S/C10H18ClN3/c1-3-4-5-6-9(12)10-8(11)7-13-14(10)2/h7,9H,3-6,12H2,1-2H3. The van der Waals surface area contributed by atoms with Crippen molar-refractivity contribution in [2.75, 3.05) is 0 Å². The molecule has 0 amide bonds. The van der Waals surface area contributed by atoms with Gasteiger partial charge in [-0.1, -0.05) is 37.8 Å². The molecule has 4 heteroatoms. The van der Waals surface area contributed by atoms with E-state index in [9.17, 15) is 0 Å². The Kier molecular flexibility index (Phi) is 4.42. The SMILES string of the molecule is CCCCCC(N)c1c(Cl)cnn1C. The van der Waals surface area contributed by atoms with Crippen LogP contribution in [-0.4, -0.2) is 9.78 Å². The molecule has 0 aliphatic carbocycles. The fourth-order valence-corrected chi connectivity index (χ4v) is 1.89. The van der Waals surface area contributed by atoms with E-state index in [1.165, 1.54) is 12.8 Å². The highest BCUT2D eigenvalue weighted by Gasteiger charge is 2.14. The molecular weight excluding hydrogens is 198 g/mol. The Morgan fingerprint density at radius 3 is 2.79 bits per heavy atom. The van der Waals surface area contributed by atoms with Gasteiger partial charge < -0.3 is 5.73 Å². The molecule has 1 aromatic heterocycles. The molecule has 1 aromatic rings. The lowest BCUT2D eigenvalue weighted by molar-refractivity contribution is 0.543. The maximum Gasteiger partial charge on any atom is 0.0833 e. The minimum atomic E-state index is 0.0153. The Labute approximate surface area is 90.2 Å². The molecule has 2 N–H and O–H groups in total. The maximum absolute atomic E-state index is 6.04. The number of nitrogens with zero attached hydrogens (tertiary/aromatic N) is 2. The number of aryl methyl sites for hydroxylation is 1. The molecule has 0 aliphatic rings. The van der Waals surface area contributed by atoms with Gasteiger partial charge in [-0.25, -0.2) is 0 Å². The Bertz CT molecular complexity index is 263. The summed E-state index contributed by atoms with van der Waals surface area (Å²) in [7, 11) is 1.88. The zero-order valence-corrected chi connectivity index (χ0v) is 9.59. The van der Waals surface area contributed by atoms with Crippen LogP contribution in [0.15, 0.2) is 6.20 Å². The van der Waals surface area contributed by atoms with Gasteiger partial charge in [0, 0.05) is 13.1 Å². The Morgan fingerprint density at radius 1 is 1.57 bits per heavy atom. The monoisotopic (exact) mass is 215 g/mol. The van der Waals surface area contributed by atoms with Crippen molar-refractivity contribution in [1.82, 2.24) is 9.78 Å². The third kappa shape index (κ3) is 2.72. The molecule has 1 rings (SSSR count). The molecule has 80 valence electrons. The molecule has 1 heterocycles. The van der Waals surface area contributed by atoms with Gasteiger partial charge in [0.15, 0.2) is 0 Å². The van der Waals surface area contributed by atoms with Crippen LogP contribution in [0.4, 0.5) is 0 Å². The topological polar surface area (TPSA) is 43.8 Å². The predicted octanol–water partition coefficient (Wildman–Crippen LogP) is 2.65. The average molecular weight is 216 g/mol. The van der Waals surface area contributed by atoms with Gasteiger partial charge in [-0.15, -0.1) is 0 Å². The Morgan fingerprint density at radius 2 is 2.29 bits per heavy atom. The second-order valence-corrected chi connectivity index (χ2v) is 4.01. The fourth-order valence-electron chi connectivity index (χ4n) is 1.59. The Balaban J connectivity index is 2.55. The normalized spacial score (nSPS) is 13.1. The minimum Gasteiger partial charge on any atom is -0.323 e. The van der Waals surface area contributed by atoms with Gasteiger partial charge in [-0.3, -0.25) is 4.68 Å². The van der Waals surface area contributed by atoms with E-state index >= 15 is 0 Å². The van der Waals surface area contributed by atoms with Crippen molar-refractivity contribution in [3.05, 3.63) is 16.9 Å². The molecule has 0 saturated carbocycles. The lowest BCUT2D eigenvalue weighted by Crippen LogP contribution is -2.15. The lowest BCUT2D eigenvalue weighted by atomic mass is 10.1. The number of hydrogen-bond donors (Lipinski definition) is 1. The molecule has 0 spiro atoms. The third-order valence-corrected chi connectivity index (χ3v) is 2.70. The summed E-state index contributed by atoms with van der Waals surface area (Å²) in [6.07, 6.45) is 6.22. The second-order valence-electron chi connectivity index (χ2n) is 3.60. The minimum absolute atomic E-state index is 0.0153. The van der Waals surface area contributed by atoms with E-state index in [0.29, 0.717) is 5.02 Å². The molecule has 1 unspecified atom stereocenters. The third-order valence-electron chi connectivity index (χ3n) is 2.41. The van der Waals surface area contributed by atoms with Crippen LogP contribution >= 0.6 is 11.6 Å². The molecule has 1 atom stereocenters. The van der Waals surface area contributed by atoms with Crippen LogP contribution in [0, 0.1) is 0 Å². The molecule has 0 aromatic carbocycles. The summed E-state index contributed by atoms with van der Waals surface area (Å²) in [5.74, 6) is 0. The van der Waals surface area contributed by atoms with Crippen molar-refractivity contribution in [3.63, 3.8) is 0 Å². The number of hydrogen-bond acceptors (Lipinski definition) is 2. The summed E-state index contributed by atoms with van der Waals surface area (Å²) in [6, 6.07) is 0.0153. The predicted molar refractivity (Wildman–Crippen MR) is 59.3 cm³/mol. The molecule has 0 saturated heterocycles. The molecule has 0 fully saturated rings. The Hall–Kier alpha value is -0.540. The van der Waals surface area contributed by atoms with Gasteiger partial charge in [0.1, 0.15) is 0 Å². The van der Waals surface area contributed by atoms with Gasteiger partial charge in [-0.05, 0) is 6.42 Å². The highest BCUT2D eigenvalue weighted by molar-refractivity contribution is 6.31.